The lowest BCUT2D eigenvalue weighted by Crippen LogP contribution is -2.20. The zero-order valence-corrected chi connectivity index (χ0v) is 24.2. The summed E-state index contributed by atoms with van der Waals surface area (Å²) in [5, 5.41) is 5.17. The zero-order chi connectivity index (χ0) is 28.9. The first kappa shape index (κ1) is 27.8. The lowest BCUT2D eigenvalue weighted by molar-refractivity contribution is 0.306. The van der Waals surface area contributed by atoms with E-state index in [4.69, 9.17) is 14.5 Å². The van der Waals surface area contributed by atoms with E-state index in [2.05, 4.69) is 50.1 Å². The molecule has 0 saturated heterocycles. The highest BCUT2D eigenvalue weighted by Gasteiger charge is 2.18. The van der Waals surface area contributed by atoms with Crippen molar-refractivity contribution in [3.05, 3.63) is 123 Å². The summed E-state index contributed by atoms with van der Waals surface area (Å²) in [5.41, 5.74) is 6.44. The lowest BCUT2D eigenvalue weighted by atomic mass is 9.96. The molecule has 0 bridgehead atoms. The summed E-state index contributed by atoms with van der Waals surface area (Å²) in [6.07, 6.45) is 1.68. The van der Waals surface area contributed by atoms with Crippen LogP contribution in [0.5, 0.6) is 11.5 Å². The SMILES string of the molecule is CCOc1cc(C)c(-c2nc3ccccc3c(=O)n2N=Cc2ccc(OCc3cccc(C)c3)cc2)cc1C(C)C. The van der Waals surface area contributed by atoms with E-state index in [1.165, 1.54) is 10.2 Å². The average molecular weight is 546 g/mol. The fraction of sp³-hybridized carbons (Fsp3) is 0.229. The molecule has 0 aliphatic rings. The second-order valence-electron chi connectivity index (χ2n) is 10.5. The molecule has 0 spiro atoms. The van der Waals surface area contributed by atoms with Crippen LogP contribution in [0.2, 0.25) is 0 Å². The largest absolute Gasteiger partial charge is 0.494 e. The summed E-state index contributed by atoms with van der Waals surface area (Å²) in [7, 11) is 0. The Kier molecular flexibility index (Phi) is 8.29. The van der Waals surface area contributed by atoms with Crippen molar-refractivity contribution in [3.63, 3.8) is 0 Å². The number of hydrogen-bond donors (Lipinski definition) is 0. The Morgan fingerprint density at radius 3 is 2.44 bits per heavy atom. The van der Waals surface area contributed by atoms with E-state index in [1.807, 2.05) is 68.4 Å². The highest BCUT2D eigenvalue weighted by molar-refractivity contribution is 5.82. The minimum atomic E-state index is -0.223. The Bertz CT molecular complexity index is 1770. The Labute approximate surface area is 240 Å². The quantitative estimate of drug-likeness (QED) is 0.178. The predicted octanol–water partition coefficient (Wildman–Crippen LogP) is 7.66. The molecule has 0 saturated carbocycles. The van der Waals surface area contributed by atoms with Gasteiger partial charge in [0.25, 0.3) is 5.56 Å². The van der Waals surface area contributed by atoms with Crippen LogP contribution < -0.4 is 15.0 Å². The van der Waals surface area contributed by atoms with Gasteiger partial charge in [0.05, 0.1) is 23.7 Å². The minimum absolute atomic E-state index is 0.223. The smallest absolute Gasteiger partial charge is 0.282 e. The van der Waals surface area contributed by atoms with Crippen molar-refractivity contribution in [2.24, 2.45) is 5.10 Å². The summed E-state index contributed by atoms with van der Waals surface area (Å²) >= 11 is 0. The van der Waals surface area contributed by atoms with Gasteiger partial charge in [0, 0.05) is 5.56 Å². The molecule has 0 aliphatic carbocycles. The normalized spacial score (nSPS) is 11.5. The molecular weight excluding hydrogens is 510 g/mol. The summed E-state index contributed by atoms with van der Waals surface area (Å²) < 4.78 is 13.3. The molecular formula is C35H35N3O3. The molecule has 0 unspecified atom stereocenters. The van der Waals surface area contributed by atoms with Gasteiger partial charge in [-0.15, -0.1) is 0 Å². The minimum Gasteiger partial charge on any atom is -0.494 e. The molecule has 208 valence electrons. The molecule has 6 heteroatoms. The van der Waals surface area contributed by atoms with Gasteiger partial charge in [-0.25, -0.2) is 4.98 Å². The van der Waals surface area contributed by atoms with Crippen molar-refractivity contribution in [1.29, 1.82) is 0 Å². The second kappa shape index (κ2) is 12.2. The maximum Gasteiger partial charge on any atom is 0.282 e. The summed E-state index contributed by atoms with van der Waals surface area (Å²) in [5.74, 6) is 2.34. The number of ether oxygens (including phenoxy) is 2. The number of benzene rings is 4. The van der Waals surface area contributed by atoms with Crippen LogP contribution >= 0.6 is 0 Å². The fourth-order valence-electron chi connectivity index (χ4n) is 4.82. The van der Waals surface area contributed by atoms with Crippen LogP contribution in [0.1, 0.15) is 54.5 Å². The fourth-order valence-corrected chi connectivity index (χ4v) is 4.82. The standard InChI is InChI=1S/C35H35N3O3/c1-6-40-33-19-25(5)31(20-30(33)23(2)3)34-37-32-13-8-7-12-29(32)35(39)38(34)36-21-26-14-16-28(17-15-26)41-22-27-11-9-10-24(4)18-27/h7-21,23H,6,22H2,1-5H3. The molecule has 0 radical (unpaired) electrons. The van der Waals surface area contributed by atoms with Gasteiger partial charge in [-0.3, -0.25) is 4.79 Å². The first-order valence-electron chi connectivity index (χ1n) is 14.0. The van der Waals surface area contributed by atoms with Crippen LogP contribution in [0, 0.1) is 13.8 Å². The molecule has 6 nitrogen and oxygen atoms in total. The average Bonchev–Trinajstić information content (AvgIpc) is 2.96. The number of aromatic nitrogens is 2. The van der Waals surface area contributed by atoms with E-state index >= 15 is 0 Å². The van der Waals surface area contributed by atoms with Crippen molar-refractivity contribution in [1.82, 2.24) is 9.66 Å². The van der Waals surface area contributed by atoms with Crippen LogP contribution in [0.4, 0.5) is 0 Å². The van der Waals surface area contributed by atoms with Crippen LogP contribution in [0.15, 0.2) is 94.8 Å². The Balaban J connectivity index is 1.51. The Morgan fingerprint density at radius 2 is 1.71 bits per heavy atom. The number of fused-ring (bicyclic) bond motifs is 1. The molecule has 1 heterocycles. The van der Waals surface area contributed by atoms with Crippen LogP contribution in [0.25, 0.3) is 22.3 Å². The van der Waals surface area contributed by atoms with Crippen molar-refractivity contribution >= 4 is 17.1 Å². The van der Waals surface area contributed by atoms with Gasteiger partial charge < -0.3 is 9.47 Å². The topological polar surface area (TPSA) is 65.7 Å². The third kappa shape index (κ3) is 6.22. The molecule has 5 rings (SSSR count). The maximum atomic E-state index is 13.7. The number of aryl methyl sites for hydroxylation is 2. The molecule has 4 aromatic carbocycles. The first-order chi connectivity index (χ1) is 19.8. The highest BCUT2D eigenvalue weighted by atomic mass is 16.5. The van der Waals surface area contributed by atoms with Gasteiger partial charge in [0.15, 0.2) is 5.82 Å². The van der Waals surface area contributed by atoms with Gasteiger partial charge in [-0.2, -0.15) is 9.78 Å². The van der Waals surface area contributed by atoms with E-state index < -0.39 is 0 Å². The van der Waals surface area contributed by atoms with Gasteiger partial charge in [0.1, 0.15) is 18.1 Å². The lowest BCUT2D eigenvalue weighted by Gasteiger charge is -2.18. The second-order valence-corrected chi connectivity index (χ2v) is 10.5. The predicted molar refractivity (Wildman–Crippen MR) is 166 cm³/mol. The van der Waals surface area contributed by atoms with Gasteiger partial charge in [-0.1, -0.05) is 55.8 Å². The third-order valence-corrected chi connectivity index (χ3v) is 6.96. The Morgan fingerprint density at radius 1 is 0.927 bits per heavy atom. The summed E-state index contributed by atoms with van der Waals surface area (Å²) in [4.78, 5) is 18.6. The van der Waals surface area contributed by atoms with Crippen LogP contribution in [-0.4, -0.2) is 22.5 Å². The summed E-state index contributed by atoms with van der Waals surface area (Å²) in [6.45, 7) is 11.4. The van der Waals surface area contributed by atoms with Crippen molar-refractivity contribution < 1.29 is 9.47 Å². The monoisotopic (exact) mass is 545 g/mol. The molecule has 41 heavy (non-hydrogen) atoms. The number of nitrogens with zero attached hydrogens (tertiary/aromatic N) is 3. The van der Waals surface area contributed by atoms with Crippen molar-refractivity contribution in [2.75, 3.05) is 6.61 Å². The molecule has 5 aromatic rings. The van der Waals surface area contributed by atoms with Crippen LogP contribution in [-0.2, 0) is 6.61 Å². The highest BCUT2D eigenvalue weighted by Crippen LogP contribution is 2.34. The van der Waals surface area contributed by atoms with E-state index in [9.17, 15) is 4.79 Å². The summed E-state index contributed by atoms with van der Waals surface area (Å²) in [6, 6.07) is 27.4. The van der Waals surface area contributed by atoms with Gasteiger partial charge in [0.2, 0.25) is 0 Å². The number of rotatable bonds is 9. The van der Waals surface area contributed by atoms with Gasteiger partial charge >= 0.3 is 0 Å². The molecule has 1 aromatic heterocycles. The van der Waals surface area contributed by atoms with Gasteiger partial charge in [-0.05, 0) is 97.5 Å². The molecule has 0 atom stereocenters. The first-order valence-corrected chi connectivity index (χ1v) is 14.0. The van der Waals surface area contributed by atoms with Crippen molar-refractivity contribution in [2.45, 2.75) is 47.1 Å². The van der Waals surface area contributed by atoms with E-state index in [1.54, 1.807) is 12.3 Å². The van der Waals surface area contributed by atoms with E-state index in [0.717, 1.165) is 39.3 Å². The molecule has 0 amide bonds. The van der Waals surface area contributed by atoms with Crippen LogP contribution in [0.3, 0.4) is 0 Å². The van der Waals surface area contributed by atoms with Crippen molar-refractivity contribution in [3.8, 4) is 22.9 Å². The third-order valence-electron chi connectivity index (χ3n) is 6.96. The molecule has 0 fully saturated rings. The zero-order valence-electron chi connectivity index (χ0n) is 24.2. The molecule has 0 aliphatic heterocycles. The number of hydrogen-bond acceptors (Lipinski definition) is 5. The maximum absolute atomic E-state index is 13.7. The Hall–Kier alpha value is -4.71. The van der Waals surface area contributed by atoms with E-state index in [0.29, 0.717) is 29.9 Å². The molecule has 0 N–H and O–H groups in total. The van der Waals surface area contributed by atoms with E-state index in [-0.39, 0.29) is 11.5 Å². The number of para-hydroxylation sites is 1.